The van der Waals surface area contributed by atoms with Crippen molar-refractivity contribution in [2.75, 3.05) is 31.1 Å². The van der Waals surface area contributed by atoms with Gasteiger partial charge in [-0.2, -0.15) is 5.26 Å². The molecule has 106 valence electrons. The van der Waals surface area contributed by atoms with E-state index in [-0.39, 0.29) is 29.4 Å². The highest BCUT2D eigenvalue weighted by Crippen LogP contribution is 2.19. The van der Waals surface area contributed by atoms with Crippen molar-refractivity contribution in [1.29, 1.82) is 5.26 Å². The highest BCUT2D eigenvalue weighted by Gasteiger charge is 2.34. The Hall–Kier alpha value is -1.13. The Labute approximate surface area is 113 Å². The second kappa shape index (κ2) is 5.88. The Morgan fingerprint density at radius 2 is 2.00 bits per heavy atom. The van der Waals surface area contributed by atoms with Crippen LogP contribution in [0.5, 0.6) is 0 Å². The summed E-state index contributed by atoms with van der Waals surface area (Å²) in [6, 6.07) is 2.24. The van der Waals surface area contributed by atoms with Crippen LogP contribution in [0.3, 0.4) is 0 Å². The number of rotatable bonds is 3. The smallest absolute Gasteiger partial charge is 0.224 e. The van der Waals surface area contributed by atoms with Crippen LogP contribution in [0.15, 0.2) is 0 Å². The third-order valence-corrected chi connectivity index (χ3v) is 5.60. The molecule has 1 N–H and O–H groups in total. The highest BCUT2D eigenvalue weighted by atomic mass is 32.2. The maximum absolute atomic E-state index is 12.0. The van der Waals surface area contributed by atoms with Crippen LogP contribution in [0, 0.1) is 17.2 Å². The van der Waals surface area contributed by atoms with Gasteiger partial charge in [0.2, 0.25) is 5.91 Å². The SMILES string of the molecule is N#CCN1CCC(NC(=O)C2CCS(=O)(=O)C2)CC1. The molecule has 1 amide bonds. The summed E-state index contributed by atoms with van der Waals surface area (Å²) in [5.74, 6) is -0.375. The lowest BCUT2D eigenvalue weighted by Crippen LogP contribution is -2.46. The molecule has 0 aromatic carbocycles. The maximum atomic E-state index is 12.0. The van der Waals surface area contributed by atoms with Crippen molar-refractivity contribution in [3.63, 3.8) is 0 Å². The molecule has 2 fully saturated rings. The van der Waals surface area contributed by atoms with Gasteiger partial charge < -0.3 is 5.32 Å². The number of nitrogens with one attached hydrogen (secondary N) is 1. The average Bonchev–Trinajstić information content (AvgIpc) is 2.73. The van der Waals surface area contributed by atoms with Crippen LogP contribution in [0.2, 0.25) is 0 Å². The molecule has 2 rings (SSSR count). The van der Waals surface area contributed by atoms with E-state index in [0.717, 1.165) is 25.9 Å². The first-order valence-corrected chi connectivity index (χ1v) is 8.42. The lowest BCUT2D eigenvalue weighted by molar-refractivity contribution is -0.125. The number of hydrogen-bond acceptors (Lipinski definition) is 5. The van der Waals surface area contributed by atoms with Gasteiger partial charge in [-0.15, -0.1) is 0 Å². The molecule has 0 bridgehead atoms. The second-order valence-corrected chi connectivity index (χ2v) is 7.55. The van der Waals surface area contributed by atoms with Gasteiger partial charge in [-0.25, -0.2) is 8.42 Å². The first-order valence-electron chi connectivity index (χ1n) is 6.60. The first-order chi connectivity index (χ1) is 9.00. The molecule has 0 aliphatic carbocycles. The number of sulfone groups is 1. The quantitative estimate of drug-likeness (QED) is 0.708. The summed E-state index contributed by atoms with van der Waals surface area (Å²) in [4.78, 5) is 14.0. The van der Waals surface area contributed by atoms with Crippen LogP contribution in [0.25, 0.3) is 0 Å². The number of hydrogen-bond donors (Lipinski definition) is 1. The van der Waals surface area contributed by atoms with E-state index in [0.29, 0.717) is 13.0 Å². The van der Waals surface area contributed by atoms with Crippen LogP contribution in [-0.4, -0.2) is 56.4 Å². The number of carbonyl (C=O) groups is 1. The van der Waals surface area contributed by atoms with E-state index in [1.165, 1.54) is 0 Å². The third-order valence-electron chi connectivity index (χ3n) is 3.83. The van der Waals surface area contributed by atoms with Crippen LogP contribution in [0.1, 0.15) is 19.3 Å². The maximum Gasteiger partial charge on any atom is 0.224 e. The first kappa shape index (κ1) is 14.3. The molecule has 6 nitrogen and oxygen atoms in total. The third kappa shape index (κ3) is 3.91. The van der Waals surface area contributed by atoms with Crippen molar-refractivity contribution in [3.05, 3.63) is 0 Å². The summed E-state index contributed by atoms with van der Waals surface area (Å²) in [5, 5.41) is 11.6. The van der Waals surface area contributed by atoms with E-state index in [1.54, 1.807) is 0 Å². The monoisotopic (exact) mass is 285 g/mol. The fourth-order valence-corrected chi connectivity index (χ4v) is 4.40. The summed E-state index contributed by atoms with van der Waals surface area (Å²) < 4.78 is 22.7. The topological polar surface area (TPSA) is 90.3 Å². The van der Waals surface area contributed by atoms with E-state index >= 15 is 0 Å². The Morgan fingerprint density at radius 3 is 2.53 bits per heavy atom. The molecule has 2 saturated heterocycles. The van der Waals surface area contributed by atoms with Crippen molar-refractivity contribution < 1.29 is 13.2 Å². The molecule has 2 aliphatic rings. The van der Waals surface area contributed by atoms with E-state index in [2.05, 4.69) is 16.3 Å². The number of carbonyl (C=O) groups excluding carboxylic acids is 1. The Morgan fingerprint density at radius 1 is 1.32 bits per heavy atom. The zero-order chi connectivity index (χ0) is 13.9. The van der Waals surface area contributed by atoms with Gasteiger partial charge in [0, 0.05) is 19.1 Å². The van der Waals surface area contributed by atoms with Gasteiger partial charge in [-0.3, -0.25) is 9.69 Å². The zero-order valence-electron chi connectivity index (χ0n) is 10.8. The molecule has 1 unspecified atom stereocenters. The Kier molecular flexibility index (Phi) is 4.42. The molecule has 0 aromatic heterocycles. The van der Waals surface area contributed by atoms with Gasteiger partial charge in [-0.05, 0) is 19.3 Å². The normalized spacial score (nSPS) is 27.8. The Bertz CT molecular complexity index is 475. The predicted octanol–water partition coefficient (Wildman–Crippen LogP) is -0.475. The van der Waals surface area contributed by atoms with Gasteiger partial charge in [0.25, 0.3) is 0 Å². The number of piperidine rings is 1. The number of nitriles is 1. The number of amides is 1. The lowest BCUT2D eigenvalue weighted by Gasteiger charge is -2.31. The summed E-state index contributed by atoms with van der Waals surface area (Å²) >= 11 is 0. The molecule has 19 heavy (non-hydrogen) atoms. The fourth-order valence-electron chi connectivity index (χ4n) is 2.66. The minimum Gasteiger partial charge on any atom is -0.353 e. The highest BCUT2D eigenvalue weighted by molar-refractivity contribution is 7.91. The van der Waals surface area contributed by atoms with Crippen LogP contribution in [-0.2, 0) is 14.6 Å². The molecule has 0 spiro atoms. The average molecular weight is 285 g/mol. The van der Waals surface area contributed by atoms with Crippen molar-refractivity contribution >= 4 is 15.7 Å². The van der Waals surface area contributed by atoms with E-state index in [4.69, 9.17) is 5.26 Å². The molecule has 0 saturated carbocycles. The van der Waals surface area contributed by atoms with Gasteiger partial charge in [-0.1, -0.05) is 0 Å². The van der Waals surface area contributed by atoms with Gasteiger partial charge in [0.05, 0.1) is 30.0 Å². The molecule has 0 radical (unpaired) electrons. The van der Waals surface area contributed by atoms with Gasteiger partial charge in [0.1, 0.15) is 0 Å². The predicted molar refractivity (Wildman–Crippen MR) is 70.0 cm³/mol. The molecule has 2 aliphatic heterocycles. The molecular formula is C12H19N3O3S. The molecular weight excluding hydrogens is 266 g/mol. The van der Waals surface area contributed by atoms with Gasteiger partial charge >= 0.3 is 0 Å². The summed E-state index contributed by atoms with van der Waals surface area (Å²) in [6.45, 7) is 2.05. The van der Waals surface area contributed by atoms with E-state index in [1.807, 2.05) is 0 Å². The molecule has 7 heteroatoms. The van der Waals surface area contributed by atoms with E-state index in [9.17, 15) is 13.2 Å². The van der Waals surface area contributed by atoms with E-state index < -0.39 is 9.84 Å². The number of likely N-dealkylation sites (tertiary alicyclic amines) is 1. The lowest BCUT2D eigenvalue weighted by atomic mass is 10.0. The zero-order valence-corrected chi connectivity index (χ0v) is 11.7. The summed E-state index contributed by atoms with van der Waals surface area (Å²) in [7, 11) is -3.00. The van der Waals surface area contributed by atoms with Crippen molar-refractivity contribution in [1.82, 2.24) is 10.2 Å². The fraction of sp³-hybridized carbons (Fsp3) is 0.833. The van der Waals surface area contributed by atoms with Crippen LogP contribution >= 0.6 is 0 Å². The minimum atomic E-state index is -3.00. The Balaban J connectivity index is 1.77. The van der Waals surface area contributed by atoms with Crippen molar-refractivity contribution in [3.8, 4) is 6.07 Å². The van der Waals surface area contributed by atoms with Crippen molar-refractivity contribution in [2.24, 2.45) is 5.92 Å². The summed E-state index contributed by atoms with van der Waals surface area (Å²) in [6.07, 6.45) is 2.10. The summed E-state index contributed by atoms with van der Waals surface area (Å²) in [5.41, 5.74) is 0. The van der Waals surface area contributed by atoms with Gasteiger partial charge in [0.15, 0.2) is 9.84 Å². The standard InChI is InChI=1S/C12H19N3O3S/c13-4-7-15-5-1-11(2-6-15)14-12(16)10-3-8-19(17,18)9-10/h10-11H,1-3,5-9H2,(H,14,16). The molecule has 2 heterocycles. The minimum absolute atomic E-state index is 0.00783. The largest absolute Gasteiger partial charge is 0.353 e. The van der Waals surface area contributed by atoms with Crippen LogP contribution < -0.4 is 5.32 Å². The molecule has 0 aromatic rings. The second-order valence-electron chi connectivity index (χ2n) is 5.32. The van der Waals surface area contributed by atoms with Crippen molar-refractivity contribution in [2.45, 2.75) is 25.3 Å². The van der Waals surface area contributed by atoms with Crippen LogP contribution in [0.4, 0.5) is 0 Å². The molecule has 1 atom stereocenters. The number of nitrogens with zero attached hydrogens (tertiary/aromatic N) is 2.